The normalized spacial score (nSPS) is 12.5. The van der Waals surface area contributed by atoms with Crippen molar-refractivity contribution in [3.05, 3.63) is 64.7 Å². The molecule has 0 fully saturated rings. The summed E-state index contributed by atoms with van der Waals surface area (Å²) in [7, 11) is 0. The molecule has 0 spiro atoms. The highest BCUT2D eigenvalue weighted by molar-refractivity contribution is 5.33. The van der Waals surface area contributed by atoms with Crippen LogP contribution < -0.4 is 0 Å². The van der Waals surface area contributed by atoms with Crippen LogP contribution in [0.4, 0.5) is 4.39 Å². The van der Waals surface area contributed by atoms with Gasteiger partial charge in [0.25, 0.3) is 0 Å². The number of halogens is 1. The van der Waals surface area contributed by atoms with Crippen LogP contribution in [-0.4, -0.2) is 10.1 Å². The first-order chi connectivity index (χ1) is 8.09. The monoisotopic (exact) mass is 231 g/mol. The molecule has 0 radical (unpaired) electrons. The Hall–Kier alpha value is -1.74. The van der Waals surface area contributed by atoms with E-state index in [0.29, 0.717) is 5.69 Å². The average Bonchev–Trinajstić information content (AvgIpc) is 2.32. The lowest BCUT2D eigenvalue weighted by Crippen LogP contribution is -2.07. The summed E-state index contributed by atoms with van der Waals surface area (Å²) in [5.41, 5.74) is 2.53. The predicted octanol–water partition coefficient (Wildman–Crippen LogP) is 2.92. The number of aliphatic hydroxyl groups is 1. The van der Waals surface area contributed by atoms with Gasteiger partial charge in [-0.2, -0.15) is 0 Å². The zero-order valence-corrected chi connectivity index (χ0v) is 9.81. The number of aliphatic hydroxyl groups excluding tert-OH is 1. The summed E-state index contributed by atoms with van der Waals surface area (Å²) in [6.07, 6.45) is 0.579. The zero-order chi connectivity index (χ0) is 12.4. The van der Waals surface area contributed by atoms with E-state index in [9.17, 15) is 9.50 Å². The van der Waals surface area contributed by atoms with Gasteiger partial charge in [0.05, 0.1) is 5.69 Å². The van der Waals surface area contributed by atoms with Crippen molar-refractivity contribution in [3.63, 3.8) is 0 Å². The third kappa shape index (κ3) is 2.34. The van der Waals surface area contributed by atoms with Crippen molar-refractivity contribution >= 4 is 0 Å². The van der Waals surface area contributed by atoms with Gasteiger partial charge in [-0.05, 0) is 31.5 Å². The van der Waals surface area contributed by atoms with E-state index < -0.39 is 11.9 Å². The lowest BCUT2D eigenvalue weighted by molar-refractivity contribution is 0.209. The summed E-state index contributed by atoms with van der Waals surface area (Å²) in [6.45, 7) is 3.71. The molecular formula is C14H14FNO. The van der Waals surface area contributed by atoms with Gasteiger partial charge in [0.2, 0.25) is 0 Å². The number of aromatic nitrogens is 1. The number of hydrogen-bond acceptors (Lipinski definition) is 2. The SMILES string of the molecule is Cc1ccc(F)c(C(O)c2ncccc2C)c1. The molecular weight excluding hydrogens is 217 g/mol. The second kappa shape index (κ2) is 4.63. The molecule has 1 unspecified atom stereocenters. The second-order valence-corrected chi connectivity index (χ2v) is 4.13. The van der Waals surface area contributed by atoms with Crippen molar-refractivity contribution in [2.45, 2.75) is 20.0 Å². The van der Waals surface area contributed by atoms with Crippen LogP contribution in [0, 0.1) is 19.7 Å². The Morgan fingerprint density at radius 1 is 1.24 bits per heavy atom. The third-order valence-corrected chi connectivity index (χ3v) is 2.76. The Morgan fingerprint density at radius 2 is 2.00 bits per heavy atom. The van der Waals surface area contributed by atoms with E-state index in [4.69, 9.17) is 0 Å². The van der Waals surface area contributed by atoms with Crippen molar-refractivity contribution in [1.29, 1.82) is 0 Å². The maximum atomic E-state index is 13.6. The van der Waals surface area contributed by atoms with Gasteiger partial charge in [-0.1, -0.05) is 23.8 Å². The fourth-order valence-corrected chi connectivity index (χ4v) is 1.80. The Morgan fingerprint density at radius 3 is 2.71 bits per heavy atom. The molecule has 0 saturated carbocycles. The minimum atomic E-state index is -1.02. The van der Waals surface area contributed by atoms with Crippen LogP contribution in [-0.2, 0) is 0 Å². The van der Waals surface area contributed by atoms with Crippen molar-refractivity contribution in [2.24, 2.45) is 0 Å². The molecule has 1 aromatic heterocycles. The Labute approximate surface area is 99.8 Å². The number of benzene rings is 1. The van der Waals surface area contributed by atoms with Gasteiger partial charge in [0.1, 0.15) is 11.9 Å². The molecule has 1 aromatic carbocycles. The highest BCUT2D eigenvalue weighted by atomic mass is 19.1. The quantitative estimate of drug-likeness (QED) is 0.862. The van der Waals surface area contributed by atoms with E-state index in [1.807, 2.05) is 19.9 Å². The number of pyridine rings is 1. The first-order valence-corrected chi connectivity index (χ1v) is 5.45. The first kappa shape index (κ1) is 11.7. The lowest BCUT2D eigenvalue weighted by Gasteiger charge is -2.14. The summed E-state index contributed by atoms with van der Waals surface area (Å²) in [5.74, 6) is -0.409. The second-order valence-electron chi connectivity index (χ2n) is 4.13. The molecule has 0 aliphatic heterocycles. The molecule has 2 rings (SSSR count). The van der Waals surface area contributed by atoms with Gasteiger partial charge in [0.15, 0.2) is 0 Å². The number of rotatable bonds is 2. The molecule has 0 bridgehead atoms. The van der Waals surface area contributed by atoms with E-state index in [1.165, 1.54) is 6.07 Å². The molecule has 1 N–H and O–H groups in total. The Kier molecular flexibility index (Phi) is 3.20. The highest BCUT2D eigenvalue weighted by Crippen LogP contribution is 2.25. The van der Waals surface area contributed by atoms with Gasteiger partial charge in [-0.25, -0.2) is 4.39 Å². The fourth-order valence-electron chi connectivity index (χ4n) is 1.80. The molecule has 0 aliphatic carbocycles. The highest BCUT2D eigenvalue weighted by Gasteiger charge is 2.17. The minimum Gasteiger partial charge on any atom is -0.382 e. The largest absolute Gasteiger partial charge is 0.382 e. The summed E-state index contributed by atoms with van der Waals surface area (Å²) in [6, 6.07) is 8.33. The molecule has 0 saturated heterocycles. The number of hydrogen-bond donors (Lipinski definition) is 1. The van der Waals surface area contributed by atoms with Crippen molar-refractivity contribution < 1.29 is 9.50 Å². The van der Waals surface area contributed by atoms with E-state index in [0.717, 1.165) is 11.1 Å². The molecule has 17 heavy (non-hydrogen) atoms. The summed E-state index contributed by atoms with van der Waals surface area (Å²) in [4.78, 5) is 4.11. The average molecular weight is 231 g/mol. The molecule has 1 heterocycles. The van der Waals surface area contributed by atoms with Crippen LogP contribution in [0.2, 0.25) is 0 Å². The summed E-state index contributed by atoms with van der Waals surface area (Å²) in [5, 5.41) is 10.2. The Bertz CT molecular complexity index is 539. The van der Waals surface area contributed by atoms with Gasteiger partial charge in [-0.15, -0.1) is 0 Å². The maximum absolute atomic E-state index is 13.6. The van der Waals surface area contributed by atoms with E-state index in [1.54, 1.807) is 24.4 Å². The topological polar surface area (TPSA) is 33.1 Å². The molecule has 88 valence electrons. The molecule has 0 aliphatic rings. The van der Waals surface area contributed by atoms with Gasteiger partial charge in [-0.3, -0.25) is 4.98 Å². The van der Waals surface area contributed by atoms with Gasteiger partial charge >= 0.3 is 0 Å². The molecule has 3 heteroatoms. The summed E-state index contributed by atoms with van der Waals surface area (Å²) < 4.78 is 13.6. The molecule has 2 nitrogen and oxygen atoms in total. The smallest absolute Gasteiger partial charge is 0.129 e. The molecule has 2 aromatic rings. The van der Waals surface area contributed by atoms with Crippen LogP contribution in [0.25, 0.3) is 0 Å². The fraction of sp³-hybridized carbons (Fsp3) is 0.214. The van der Waals surface area contributed by atoms with Gasteiger partial charge in [0, 0.05) is 11.8 Å². The first-order valence-electron chi connectivity index (χ1n) is 5.45. The van der Waals surface area contributed by atoms with Crippen molar-refractivity contribution in [2.75, 3.05) is 0 Å². The zero-order valence-electron chi connectivity index (χ0n) is 9.81. The molecule has 1 atom stereocenters. The summed E-state index contributed by atoms with van der Waals surface area (Å²) >= 11 is 0. The minimum absolute atomic E-state index is 0.270. The van der Waals surface area contributed by atoms with Crippen LogP contribution in [0.5, 0.6) is 0 Å². The van der Waals surface area contributed by atoms with Crippen LogP contribution in [0.1, 0.15) is 28.5 Å². The number of aryl methyl sites for hydroxylation is 2. The molecule has 0 amide bonds. The third-order valence-electron chi connectivity index (χ3n) is 2.76. The van der Waals surface area contributed by atoms with E-state index in [2.05, 4.69) is 4.98 Å². The number of nitrogens with zero attached hydrogens (tertiary/aromatic N) is 1. The van der Waals surface area contributed by atoms with Crippen molar-refractivity contribution in [1.82, 2.24) is 4.98 Å². The van der Waals surface area contributed by atoms with E-state index in [-0.39, 0.29) is 5.56 Å². The van der Waals surface area contributed by atoms with E-state index >= 15 is 0 Å². The Balaban J connectivity index is 2.47. The van der Waals surface area contributed by atoms with Crippen LogP contribution in [0.3, 0.4) is 0 Å². The van der Waals surface area contributed by atoms with Crippen LogP contribution in [0.15, 0.2) is 36.5 Å². The predicted molar refractivity (Wildman–Crippen MR) is 64.2 cm³/mol. The standard InChI is InChI=1S/C14H14FNO/c1-9-5-6-12(15)11(8-9)14(17)13-10(2)4-3-7-16-13/h3-8,14,17H,1-2H3. The van der Waals surface area contributed by atoms with Crippen molar-refractivity contribution in [3.8, 4) is 0 Å². The maximum Gasteiger partial charge on any atom is 0.129 e. The van der Waals surface area contributed by atoms with Gasteiger partial charge < -0.3 is 5.11 Å². The lowest BCUT2D eigenvalue weighted by atomic mass is 10.0. The van der Waals surface area contributed by atoms with Crippen LogP contribution >= 0.6 is 0 Å².